The van der Waals surface area contributed by atoms with Crippen molar-refractivity contribution in [2.24, 2.45) is 23.2 Å². The molecule has 2 rings (SSSR count). The molecular weight excluding hydrogens is 276 g/mol. The van der Waals surface area contributed by atoms with Crippen LogP contribution in [-0.4, -0.2) is 17.9 Å². The second kappa shape index (κ2) is 6.55. The van der Waals surface area contributed by atoms with Gasteiger partial charge < -0.3 is 4.74 Å². The molecule has 1 saturated carbocycles. The molecule has 0 aromatic rings. The molecule has 2 aliphatic rings. The number of ether oxygens (including phenoxy) is 1. The summed E-state index contributed by atoms with van der Waals surface area (Å²) in [7, 11) is 0. The summed E-state index contributed by atoms with van der Waals surface area (Å²) in [5.74, 6) is 1.59. The standard InChI is InChI=1S/C19H30O3/c1-12(2)15-7-6-13(3)8-16(15)22-18(21)10-14-9-17(20)19(4,5)11-14/h9,12-13,15-16H,6-8,10-11H2,1-5H3. The number of hydrogen-bond acceptors (Lipinski definition) is 3. The lowest BCUT2D eigenvalue weighted by Crippen LogP contribution is -2.35. The minimum absolute atomic E-state index is 0.0435. The third-order valence-electron chi connectivity index (χ3n) is 5.29. The van der Waals surface area contributed by atoms with E-state index in [1.54, 1.807) is 6.08 Å². The maximum atomic E-state index is 12.3. The van der Waals surface area contributed by atoms with Crippen molar-refractivity contribution in [3.8, 4) is 0 Å². The van der Waals surface area contributed by atoms with Crippen LogP contribution in [0.2, 0.25) is 0 Å². The molecule has 0 N–H and O–H groups in total. The molecule has 0 aromatic heterocycles. The average molecular weight is 306 g/mol. The van der Waals surface area contributed by atoms with Gasteiger partial charge in [0.1, 0.15) is 6.10 Å². The highest BCUT2D eigenvalue weighted by Gasteiger charge is 2.36. The first kappa shape index (κ1) is 17.2. The molecule has 0 saturated heterocycles. The van der Waals surface area contributed by atoms with Gasteiger partial charge in [-0.15, -0.1) is 0 Å². The summed E-state index contributed by atoms with van der Waals surface area (Å²) in [6.45, 7) is 10.5. The summed E-state index contributed by atoms with van der Waals surface area (Å²) in [5, 5.41) is 0. The van der Waals surface area contributed by atoms with E-state index in [4.69, 9.17) is 4.74 Å². The topological polar surface area (TPSA) is 43.4 Å². The summed E-state index contributed by atoms with van der Waals surface area (Å²) in [4.78, 5) is 24.1. The van der Waals surface area contributed by atoms with Crippen LogP contribution in [0.25, 0.3) is 0 Å². The number of ketones is 1. The van der Waals surface area contributed by atoms with Crippen LogP contribution < -0.4 is 0 Å². The molecule has 22 heavy (non-hydrogen) atoms. The molecule has 0 spiro atoms. The summed E-state index contributed by atoms with van der Waals surface area (Å²) in [6.07, 6.45) is 5.97. The van der Waals surface area contributed by atoms with Crippen LogP contribution in [0.15, 0.2) is 11.6 Å². The van der Waals surface area contributed by atoms with Crippen molar-refractivity contribution in [1.82, 2.24) is 0 Å². The highest BCUT2D eigenvalue weighted by molar-refractivity contribution is 5.98. The van der Waals surface area contributed by atoms with E-state index in [1.165, 1.54) is 6.42 Å². The first-order chi connectivity index (χ1) is 10.2. The van der Waals surface area contributed by atoms with E-state index in [-0.39, 0.29) is 29.7 Å². The van der Waals surface area contributed by atoms with Gasteiger partial charge in [0.25, 0.3) is 0 Å². The van der Waals surface area contributed by atoms with Crippen molar-refractivity contribution in [1.29, 1.82) is 0 Å². The quantitative estimate of drug-likeness (QED) is 0.727. The van der Waals surface area contributed by atoms with Crippen LogP contribution in [0, 0.1) is 23.2 Å². The minimum atomic E-state index is -0.352. The van der Waals surface area contributed by atoms with E-state index < -0.39 is 0 Å². The van der Waals surface area contributed by atoms with Crippen LogP contribution in [-0.2, 0) is 14.3 Å². The van der Waals surface area contributed by atoms with Gasteiger partial charge in [-0.05, 0) is 43.1 Å². The Hall–Kier alpha value is -1.12. The number of hydrogen-bond donors (Lipinski definition) is 0. The lowest BCUT2D eigenvalue weighted by Gasteiger charge is -2.36. The van der Waals surface area contributed by atoms with E-state index in [9.17, 15) is 9.59 Å². The first-order valence-electron chi connectivity index (χ1n) is 8.62. The molecule has 2 aliphatic carbocycles. The fourth-order valence-electron chi connectivity index (χ4n) is 3.85. The predicted molar refractivity (Wildman–Crippen MR) is 87.3 cm³/mol. The molecule has 3 nitrogen and oxygen atoms in total. The van der Waals surface area contributed by atoms with Gasteiger partial charge in [-0.1, -0.05) is 46.6 Å². The maximum absolute atomic E-state index is 12.3. The van der Waals surface area contributed by atoms with Gasteiger partial charge in [-0.3, -0.25) is 9.59 Å². The third kappa shape index (κ3) is 3.99. The molecule has 0 aromatic carbocycles. The van der Waals surface area contributed by atoms with Crippen molar-refractivity contribution in [2.45, 2.75) is 72.8 Å². The minimum Gasteiger partial charge on any atom is -0.462 e. The van der Waals surface area contributed by atoms with Gasteiger partial charge in [0.2, 0.25) is 0 Å². The molecule has 124 valence electrons. The number of carbonyl (C=O) groups excluding carboxylic acids is 2. The molecule has 0 radical (unpaired) electrons. The van der Waals surface area contributed by atoms with Gasteiger partial charge >= 0.3 is 5.97 Å². The zero-order chi connectivity index (χ0) is 16.5. The SMILES string of the molecule is CC1CCC(C(C)C)C(OC(=O)CC2=CC(=O)C(C)(C)C2)C1. The van der Waals surface area contributed by atoms with E-state index in [0.717, 1.165) is 18.4 Å². The van der Waals surface area contributed by atoms with E-state index in [2.05, 4.69) is 20.8 Å². The Morgan fingerprint density at radius 3 is 2.59 bits per heavy atom. The fourth-order valence-corrected chi connectivity index (χ4v) is 3.85. The Kier molecular flexibility index (Phi) is 5.14. The van der Waals surface area contributed by atoms with E-state index in [0.29, 0.717) is 24.2 Å². The predicted octanol–water partition coefficient (Wildman–Crippen LogP) is 4.31. The fraction of sp³-hybridized carbons (Fsp3) is 0.789. The van der Waals surface area contributed by atoms with Crippen molar-refractivity contribution in [2.75, 3.05) is 0 Å². The molecule has 0 heterocycles. The Morgan fingerprint density at radius 1 is 1.36 bits per heavy atom. The van der Waals surface area contributed by atoms with Crippen molar-refractivity contribution >= 4 is 11.8 Å². The third-order valence-corrected chi connectivity index (χ3v) is 5.29. The summed E-state index contributed by atoms with van der Waals surface area (Å²) < 4.78 is 5.81. The van der Waals surface area contributed by atoms with Gasteiger partial charge in [-0.25, -0.2) is 0 Å². The average Bonchev–Trinajstić information content (AvgIpc) is 2.61. The zero-order valence-electron chi connectivity index (χ0n) is 14.6. The lowest BCUT2D eigenvalue weighted by atomic mass is 9.75. The van der Waals surface area contributed by atoms with Crippen molar-refractivity contribution in [3.63, 3.8) is 0 Å². The molecule has 3 atom stereocenters. The largest absolute Gasteiger partial charge is 0.462 e. The van der Waals surface area contributed by atoms with Crippen LogP contribution in [0.5, 0.6) is 0 Å². The van der Waals surface area contributed by atoms with Gasteiger partial charge in [0, 0.05) is 5.41 Å². The van der Waals surface area contributed by atoms with Crippen LogP contribution in [0.1, 0.15) is 66.7 Å². The Bertz CT molecular complexity index is 473. The second-order valence-corrected chi connectivity index (χ2v) is 8.26. The molecule has 0 aliphatic heterocycles. The smallest absolute Gasteiger partial charge is 0.310 e. The monoisotopic (exact) mass is 306 g/mol. The molecular formula is C19H30O3. The first-order valence-corrected chi connectivity index (χ1v) is 8.62. The van der Waals surface area contributed by atoms with E-state index in [1.807, 2.05) is 13.8 Å². The number of esters is 1. The van der Waals surface area contributed by atoms with Crippen molar-refractivity contribution < 1.29 is 14.3 Å². The normalized spacial score (nSPS) is 31.3. The Labute approximate surface area is 134 Å². The van der Waals surface area contributed by atoms with Crippen LogP contribution >= 0.6 is 0 Å². The molecule has 1 fully saturated rings. The van der Waals surface area contributed by atoms with Crippen LogP contribution in [0.3, 0.4) is 0 Å². The van der Waals surface area contributed by atoms with Gasteiger partial charge in [0.15, 0.2) is 5.78 Å². The Balaban J connectivity index is 1.93. The summed E-state index contributed by atoms with van der Waals surface area (Å²) >= 11 is 0. The highest BCUT2D eigenvalue weighted by atomic mass is 16.5. The number of rotatable bonds is 4. The lowest BCUT2D eigenvalue weighted by molar-refractivity contribution is -0.155. The molecule has 3 unspecified atom stereocenters. The van der Waals surface area contributed by atoms with E-state index >= 15 is 0 Å². The number of carbonyl (C=O) groups is 2. The zero-order valence-corrected chi connectivity index (χ0v) is 14.6. The highest BCUT2D eigenvalue weighted by Crippen LogP contribution is 2.37. The van der Waals surface area contributed by atoms with Gasteiger partial charge in [0.05, 0.1) is 6.42 Å². The molecule has 3 heteroatoms. The number of allylic oxidation sites excluding steroid dienone is 1. The second-order valence-electron chi connectivity index (χ2n) is 8.26. The van der Waals surface area contributed by atoms with Crippen molar-refractivity contribution in [3.05, 3.63) is 11.6 Å². The van der Waals surface area contributed by atoms with Gasteiger partial charge in [-0.2, -0.15) is 0 Å². The van der Waals surface area contributed by atoms with Crippen LogP contribution in [0.4, 0.5) is 0 Å². The maximum Gasteiger partial charge on any atom is 0.310 e. The Morgan fingerprint density at radius 2 is 2.05 bits per heavy atom. The molecule has 0 amide bonds. The summed E-state index contributed by atoms with van der Waals surface area (Å²) in [5.41, 5.74) is 0.570. The molecule has 0 bridgehead atoms. The summed E-state index contributed by atoms with van der Waals surface area (Å²) in [6, 6.07) is 0.